The average molecular weight is 372 g/mol. The molecule has 1 saturated heterocycles. The number of nitrogens with one attached hydrogen (secondary N) is 1. The zero-order valence-corrected chi connectivity index (χ0v) is 16.2. The number of hydrogen-bond donors (Lipinski definition) is 1. The Morgan fingerprint density at radius 2 is 1.73 bits per heavy atom. The first-order valence-corrected chi connectivity index (χ1v) is 10.4. The number of aryl methyl sites for hydroxylation is 3. The molecule has 0 aromatic heterocycles. The predicted octanol–water partition coefficient (Wildman–Crippen LogP) is 3.79. The zero-order chi connectivity index (χ0) is 18.9. The number of carbonyl (C=O) groups excluding carboxylic acids is 1. The van der Waals surface area contributed by atoms with Crippen LogP contribution in [0.25, 0.3) is 0 Å². The van der Waals surface area contributed by atoms with Gasteiger partial charge in [-0.05, 0) is 80.6 Å². The van der Waals surface area contributed by atoms with E-state index in [2.05, 4.69) is 5.32 Å². The first-order chi connectivity index (χ1) is 12.3. The van der Waals surface area contributed by atoms with Gasteiger partial charge < -0.3 is 5.32 Å². The molecule has 1 N–H and O–H groups in total. The zero-order valence-electron chi connectivity index (χ0n) is 15.4. The average Bonchev–Trinajstić information content (AvgIpc) is 2.58. The smallest absolute Gasteiger partial charge is 0.255 e. The van der Waals surface area contributed by atoms with Gasteiger partial charge in [0.15, 0.2) is 0 Å². The predicted molar refractivity (Wildman–Crippen MR) is 105 cm³/mol. The van der Waals surface area contributed by atoms with E-state index in [1.807, 2.05) is 39.0 Å². The van der Waals surface area contributed by atoms with E-state index < -0.39 is 10.0 Å². The van der Waals surface area contributed by atoms with Crippen molar-refractivity contribution in [1.29, 1.82) is 0 Å². The lowest BCUT2D eigenvalue weighted by atomic mass is 10.1. The van der Waals surface area contributed by atoms with E-state index in [1.54, 1.807) is 18.2 Å². The first kappa shape index (κ1) is 18.5. The summed E-state index contributed by atoms with van der Waals surface area (Å²) in [5, 5.41) is 2.89. The van der Waals surface area contributed by atoms with Crippen LogP contribution in [0.4, 0.5) is 11.4 Å². The molecule has 0 atom stereocenters. The molecule has 1 heterocycles. The molecule has 1 amide bonds. The second-order valence-electron chi connectivity index (χ2n) is 6.85. The summed E-state index contributed by atoms with van der Waals surface area (Å²) in [5.74, 6) is 0.0170. The van der Waals surface area contributed by atoms with Gasteiger partial charge >= 0.3 is 0 Å². The number of nitrogens with zero attached hydrogens (tertiary/aromatic N) is 1. The monoisotopic (exact) mass is 372 g/mol. The highest BCUT2D eigenvalue weighted by atomic mass is 32.2. The maximum atomic E-state index is 12.5. The molecule has 26 heavy (non-hydrogen) atoms. The highest BCUT2D eigenvalue weighted by Crippen LogP contribution is 2.29. The van der Waals surface area contributed by atoms with Crippen LogP contribution in [0.15, 0.2) is 36.4 Å². The van der Waals surface area contributed by atoms with Crippen molar-refractivity contribution in [3.8, 4) is 0 Å². The van der Waals surface area contributed by atoms with Gasteiger partial charge in [-0.15, -0.1) is 0 Å². The van der Waals surface area contributed by atoms with Crippen LogP contribution in [-0.2, 0) is 10.0 Å². The molecule has 0 bridgehead atoms. The standard InChI is InChI=1S/C20H24N2O3S/c1-14-6-7-17(12-15(14)2)20(23)21-18-8-9-19(16(3)13-18)22-10-4-5-11-26(22,24)25/h6-9,12-13H,4-5,10-11H2,1-3H3,(H,21,23). The molecule has 0 spiro atoms. The topological polar surface area (TPSA) is 66.5 Å². The van der Waals surface area contributed by atoms with Gasteiger partial charge in [0.05, 0.1) is 11.4 Å². The number of carbonyl (C=O) groups is 1. The van der Waals surface area contributed by atoms with E-state index >= 15 is 0 Å². The molecule has 2 aromatic carbocycles. The molecule has 1 fully saturated rings. The third-order valence-electron chi connectivity index (χ3n) is 4.84. The Balaban J connectivity index is 1.81. The Morgan fingerprint density at radius 3 is 2.38 bits per heavy atom. The van der Waals surface area contributed by atoms with Gasteiger partial charge in [0.2, 0.25) is 10.0 Å². The van der Waals surface area contributed by atoms with Crippen LogP contribution in [-0.4, -0.2) is 26.6 Å². The number of amides is 1. The lowest BCUT2D eigenvalue weighted by Gasteiger charge is -2.29. The number of rotatable bonds is 3. The fraction of sp³-hybridized carbons (Fsp3) is 0.350. The van der Waals surface area contributed by atoms with Crippen molar-refractivity contribution >= 4 is 27.3 Å². The van der Waals surface area contributed by atoms with Crippen LogP contribution >= 0.6 is 0 Å². The Hall–Kier alpha value is -2.34. The molecular weight excluding hydrogens is 348 g/mol. The number of anilines is 2. The summed E-state index contributed by atoms with van der Waals surface area (Å²) in [6, 6.07) is 10.9. The van der Waals surface area contributed by atoms with Gasteiger partial charge in [0.25, 0.3) is 5.91 Å². The third kappa shape index (κ3) is 3.75. The normalized spacial score (nSPS) is 16.3. The Morgan fingerprint density at radius 1 is 0.962 bits per heavy atom. The van der Waals surface area contributed by atoms with Gasteiger partial charge in [-0.3, -0.25) is 9.10 Å². The maximum absolute atomic E-state index is 12.5. The van der Waals surface area contributed by atoms with Gasteiger partial charge in [0.1, 0.15) is 0 Å². The summed E-state index contributed by atoms with van der Waals surface area (Å²) in [6.45, 7) is 6.36. The van der Waals surface area contributed by atoms with Gasteiger partial charge in [-0.1, -0.05) is 6.07 Å². The van der Waals surface area contributed by atoms with Gasteiger partial charge in [-0.2, -0.15) is 0 Å². The van der Waals surface area contributed by atoms with Crippen molar-refractivity contribution in [1.82, 2.24) is 0 Å². The summed E-state index contributed by atoms with van der Waals surface area (Å²) < 4.78 is 26.1. The molecule has 5 nitrogen and oxygen atoms in total. The highest BCUT2D eigenvalue weighted by molar-refractivity contribution is 7.92. The van der Waals surface area contributed by atoms with Crippen molar-refractivity contribution in [2.45, 2.75) is 33.6 Å². The molecule has 3 rings (SSSR count). The van der Waals surface area contributed by atoms with E-state index in [1.165, 1.54) is 4.31 Å². The van der Waals surface area contributed by atoms with Crippen molar-refractivity contribution in [3.63, 3.8) is 0 Å². The van der Waals surface area contributed by atoms with E-state index in [4.69, 9.17) is 0 Å². The number of sulfonamides is 1. The second-order valence-corrected chi connectivity index (χ2v) is 8.86. The molecule has 2 aromatic rings. The minimum atomic E-state index is -3.24. The minimum Gasteiger partial charge on any atom is -0.322 e. The van der Waals surface area contributed by atoms with Crippen LogP contribution in [0.3, 0.4) is 0 Å². The van der Waals surface area contributed by atoms with Gasteiger partial charge in [-0.25, -0.2) is 8.42 Å². The summed E-state index contributed by atoms with van der Waals surface area (Å²) in [7, 11) is -3.24. The molecular formula is C20H24N2O3S. The van der Waals surface area contributed by atoms with Crippen molar-refractivity contribution in [2.24, 2.45) is 0 Å². The van der Waals surface area contributed by atoms with Crippen molar-refractivity contribution < 1.29 is 13.2 Å². The van der Waals surface area contributed by atoms with Crippen LogP contribution in [0.2, 0.25) is 0 Å². The maximum Gasteiger partial charge on any atom is 0.255 e. The molecule has 1 aliphatic heterocycles. The minimum absolute atomic E-state index is 0.175. The SMILES string of the molecule is Cc1ccc(C(=O)Nc2ccc(N3CCCCS3(=O)=O)c(C)c2)cc1C. The van der Waals surface area contributed by atoms with Crippen LogP contribution in [0, 0.1) is 20.8 Å². The summed E-state index contributed by atoms with van der Waals surface area (Å²) in [4.78, 5) is 12.5. The van der Waals surface area contributed by atoms with E-state index in [9.17, 15) is 13.2 Å². The summed E-state index contributed by atoms with van der Waals surface area (Å²) in [5.41, 5.74) is 4.99. The molecule has 1 aliphatic rings. The molecule has 0 saturated carbocycles. The fourth-order valence-corrected chi connectivity index (χ4v) is 4.86. The van der Waals surface area contributed by atoms with Crippen molar-refractivity contribution in [3.05, 3.63) is 58.7 Å². The lowest BCUT2D eigenvalue weighted by Crippen LogP contribution is -2.38. The highest BCUT2D eigenvalue weighted by Gasteiger charge is 2.27. The number of hydrogen-bond acceptors (Lipinski definition) is 3. The molecule has 0 unspecified atom stereocenters. The van der Waals surface area contributed by atoms with Crippen LogP contribution in [0.5, 0.6) is 0 Å². The van der Waals surface area contributed by atoms with E-state index in [0.717, 1.165) is 23.1 Å². The summed E-state index contributed by atoms with van der Waals surface area (Å²) >= 11 is 0. The van der Waals surface area contributed by atoms with Crippen LogP contribution < -0.4 is 9.62 Å². The summed E-state index contributed by atoms with van der Waals surface area (Å²) in [6.07, 6.45) is 1.58. The first-order valence-electron chi connectivity index (χ1n) is 8.77. The Kier molecular flexibility index (Phi) is 5.05. The molecule has 0 aliphatic carbocycles. The third-order valence-corrected chi connectivity index (χ3v) is 6.70. The fourth-order valence-electron chi connectivity index (χ4n) is 3.16. The van der Waals surface area contributed by atoms with E-state index in [0.29, 0.717) is 29.9 Å². The second kappa shape index (κ2) is 7.11. The van der Waals surface area contributed by atoms with E-state index in [-0.39, 0.29) is 11.7 Å². The molecule has 6 heteroatoms. The largest absolute Gasteiger partial charge is 0.322 e. The Bertz CT molecular complexity index is 952. The Labute approximate surface area is 155 Å². The van der Waals surface area contributed by atoms with Crippen LogP contribution in [0.1, 0.15) is 39.9 Å². The quantitative estimate of drug-likeness (QED) is 0.891. The lowest BCUT2D eigenvalue weighted by molar-refractivity contribution is 0.102. The molecule has 138 valence electrons. The van der Waals surface area contributed by atoms with Crippen molar-refractivity contribution in [2.75, 3.05) is 21.9 Å². The molecule has 0 radical (unpaired) electrons. The van der Waals surface area contributed by atoms with Gasteiger partial charge in [0, 0.05) is 17.8 Å². The number of benzene rings is 2.